The third-order valence-corrected chi connectivity index (χ3v) is 3.48. The molecule has 0 saturated carbocycles. The number of para-hydroxylation sites is 1. The van der Waals surface area contributed by atoms with Crippen LogP contribution in [-0.2, 0) is 0 Å². The van der Waals surface area contributed by atoms with Gasteiger partial charge in [-0.2, -0.15) is 4.68 Å². The van der Waals surface area contributed by atoms with Crippen LogP contribution in [0.3, 0.4) is 0 Å². The van der Waals surface area contributed by atoms with Crippen LogP contribution in [0.15, 0.2) is 30.3 Å². The Morgan fingerprint density at radius 1 is 1.21 bits per heavy atom. The van der Waals surface area contributed by atoms with Gasteiger partial charge in [0.2, 0.25) is 0 Å². The molecule has 100 valence electrons. The molecule has 19 heavy (non-hydrogen) atoms. The van der Waals surface area contributed by atoms with Crippen LogP contribution in [0.4, 0.5) is 5.95 Å². The van der Waals surface area contributed by atoms with Gasteiger partial charge in [0, 0.05) is 25.2 Å². The predicted octanol–water partition coefficient (Wildman–Crippen LogP) is 0.849. The van der Waals surface area contributed by atoms with E-state index in [0.717, 1.165) is 24.7 Å². The molecule has 0 amide bonds. The van der Waals surface area contributed by atoms with Gasteiger partial charge in [-0.15, -0.1) is 0 Å². The van der Waals surface area contributed by atoms with Crippen molar-refractivity contribution in [3.8, 4) is 5.69 Å². The molecule has 1 fully saturated rings. The van der Waals surface area contributed by atoms with Crippen LogP contribution in [0.1, 0.15) is 13.8 Å². The number of nitrogens with one attached hydrogen (secondary N) is 1. The maximum absolute atomic E-state index is 4.20. The molecule has 0 aliphatic carbocycles. The number of benzene rings is 1. The number of tetrazole rings is 1. The van der Waals surface area contributed by atoms with Crippen molar-refractivity contribution in [3.05, 3.63) is 30.3 Å². The highest BCUT2D eigenvalue weighted by atomic mass is 15.6. The quantitative estimate of drug-likeness (QED) is 0.865. The molecule has 1 aliphatic heterocycles. The summed E-state index contributed by atoms with van der Waals surface area (Å²) < 4.78 is 1.80. The first kappa shape index (κ1) is 12.1. The first-order valence-corrected chi connectivity index (χ1v) is 6.59. The summed E-state index contributed by atoms with van der Waals surface area (Å²) in [7, 11) is 0. The zero-order chi connectivity index (χ0) is 13.2. The highest BCUT2D eigenvalue weighted by Crippen LogP contribution is 2.19. The molecule has 2 heterocycles. The summed E-state index contributed by atoms with van der Waals surface area (Å²) >= 11 is 0. The van der Waals surface area contributed by atoms with Gasteiger partial charge in [0.25, 0.3) is 5.95 Å². The second kappa shape index (κ2) is 4.97. The Hall–Kier alpha value is -1.95. The van der Waals surface area contributed by atoms with Crippen molar-refractivity contribution in [2.45, 2.75) is 25.9 Å². The third kappa shape index (κ3) is 2.31. The second-order valence-corrected chi connectivity index (χ2v) is 5.04. The van der Waals surface area contributed by atoms with Crippen LogP contribution in [0.2, 0.25) is 0 Å². The van der Waals surface area contributed by atoms with Gasteiger partial charge in [-0.05, 0) is 36.4 Å². The highest BCUT2D eigenvalue weighted by Gasteiger charge is 2.27. The van der Waals surface area contributed by atoms with Crippen LogP contribution in [0, 0.1) is 0 Å². The molecule has 0 unspecified atom stereocenters. The fourth-order valence-electron chi connectivity index (χ4n) is 2.40. The molecule has 6 heteroatoms. The first-order chi connectivity index (χ1) is 9.25. The summed E-state index contributed by atoms with van der Waals surface area (Å²) in [6, 6.07) is 10.8. The van der Waals surface area contributed by atoms with Crippen LogP contribution in [-0.4, -0.2) is 45.4 Å². The molecular formula is C13H18N6. The molecule has 1 aromatic carbocycles. The maximum atomic E-state index is 4.20. The lowest BCUT2D eigenvalue weighted by atomic mass is 10.1. The van der Waals surface area contributed by atoms with E-state index in [0.29, 0.717) is 12.1 Å². The Bertz CT molecular complexity index is 537. The SMILES string of the molecule is C[C@@H]1CN(c2nnnn2-c2ccccc2)[C@@H](C)CN1. The number of nitrogens with zero attached hydrogens (tertiary/aromatic N) is 5. The van der Waals surface area contributed by atoms with Crippen molar-refractivity contribution in [2.75, 3.05) is 18.0 Å². The molecule has 1 N–H and O–H groups in total. The minimum Gasteiger partial charge on any atom is -0.334 e. The van der Waals surface area contributed by atoms with E-state index in [4.69, 9.17) is 0 Å². The van der Waals surface area contributed by atoms with Gasteiger partial charge >= 0.3 is 0 Å². The highest BCUT2D eigenvalue weighted by molar-refractivity contribution is 5.41. The molecule has 2 atom stereocenters. The first-order valence-electron chi connectivity index (χ1n) is 6.59. The van der Waals surface area contributed by atoms with Gasteiger partial charge in [-0.3, -0.25) is 0 Å². The minimum atomic E-state index is 0.379. The summed E-state index contributed by atoms with van der Waals surface area (Å²) in [4.78, 5) is 2.26. The summed E-state index contributed by atoms with van der Waals surface area (Å²) in [5.41, 5.74) is 0.987. The fraction of sp³-hybridized carbons (Fsp3) is 0.462. The van der Waals surface area contributed by atoms with Crippen LogP contribution in [0.25, 0.3) is 5.69 Å². The molecule has 3 rings (SSSR count). The van der Waals surface area contributed by atoms with Crippen molar-refractivity contribution in [2.24, 2.45) is 0 Å². The normalized spacial score (nSPS) is 23.6. The summed E-state index contributed by atoms with van der Waals surface area (Å²) in [6.07, 6.45) is 0. The van der Waals surface area contributed by atoms with E-state index >= 15 is 0 Å². The van der Waals surface area contributed by atoms with Gasteiger partial charge in [-0.25, -0.2) is 0 Å². The number of hydrogen-bond donors (Lipinski definition) is 1. The van der Waals surface area contributed by atoms with Gasteiger partial charge < -0.3 is 10.2 Å². The van der Waals surface area contributed by atoms with Crippen molar-refractivity contribution in [3.63, 3.8) is 0 Å². The molecule has 2 aromatic rings. The molecule has 1 aromatic heterocycles. The predicted molar refractivity (Wildman–Crippen MR) is 73.4 cm³/mol. The standard InChI is InChI=1S/C13H18N6/c1-10-9-18(11(2)8-14-10)13-15-16-17-19(13)12-6-4-3-5-7-12/h3-7,10-11,14H,8-9H2,1-2H3/t10-,11+/m1/s1. The lowest BCUT2D eigenvalue weighted by molar-refractivity contribution is 0.417. The lowest BCUT2D eigenvalue weighted by Gasteiger charge is -2.37. The molecule has 0 bridgehead atoms. The van der Waals surface area contributed by atoms with E-state index in [9.17, 15) is 0 Å². The van der Waals surface area contributed by atoms with Crippen molar-refractivity contribution >= 4 is 5.95 Å². The van der Waals surface area contributed by atoms with Gasteiger partial charge in [0.05, 0.1) is 5.69 Å². The van der Waals surface area contributed by atoms with E-state index in [1.807, 2.05) is 30.3 Å². The van der Waals surface area contributed by atoms with Crippen molar-refractivity contribution in [1.29, 1.82) is 0 Å². The largest absolute Gasteiger partial charge is 0.334 e. The smallest absolute Gasteiger partial charge is 0.250 e. The number of rotatable bonds is 2. The zero-order valence-electron chi connectivity index (χ0n) is 11.2. The molecule has 6 nitrogen and oxygen atoms in total. The topological polar surface area (TPSA) is 58.9 Å². The van der Waals surface area contributed by atoms with Gasteiger partial charge in [0.1, 0.15) is 0 Å². The van der Waals surface area contributed by atoms with Crippen molar-refractivity contribution in [1.82, 2.24) is 25.5 Å². The van der Waals surface area contributed by atoms with E-state index in [1.165, 1.54) is 0 Å². The van der Waals surface area contributed by atoms with Crippen LogP contribution in [0.5, 0.6) is 0 Å². The summed E-state index contributed by atoms with van der Waals surface area (Å²) in [5.74, 6) is 0.812. The maximum Gasteiger partial charge on any atom is 0.250 e. The lowest BCUT2D eigenvalue weighted by Crippen LogP contribution is -2.55. The van der Waals surface area contributed by atoms with E-state index in [1.54, 1.807) is 4.68 Å². The zero-order valence-corrected chi connectivity index (χ0v) is 11.2. The van der Waals surface area contributed by atoms with Crippen molar-refractivity contribution < 1.29 is 0 Å². The average Bonchev–Trinajstić information content (AvgIpc) is 2.91. The Morgan fingerprint density at radius 3 is 2.79 bits per heavy atom. The molecule has 0 spiro atoms. The van der Waals surface area contributed by atoms with Crippen LogP contribution >= 0.6 is 0 Å². The molecular weight excluding hydrogens is 240 g/mol. The van der Waals surface area contributed by atoms with Gasteiger partial charge in [0.15, 0.2) is 0 Å². The molecule has 1 saturated heterocycles. The van der Waals surface area contributed by atoms with E-state index in [-0.39, 0.29) is 0 Å². The third-order valence-electron chi connectivity index (χ3n) is 3.48. The summed E-state index contributed by atoms with van der Waals surface area (Å²) in [6.45, 7) is 6.22. The Balaban J connectivity index is 1.96. The monoisotopic (exact) mass is 258 g/mol. The van der Waals surface area contributed by atoms with Crippen LogP contribution < -0.4 is 10.2 Å². The van der Waals surface area contributed by atoms with E-state index in [2.05, 4.69) is 39.6 Å². The Labute approximate surface area is 112 Å². The molecule has 1 aliphatic rings. The Kier molecular flexibility index (Phi) is 3.16. The number of anilines is 1. The van der Waals surface area contributed by atoms with E-state index < -0.39 is 0 Å². The second-order valence-electron chi connectivity index (χ2n) is 5.04. The number of aromatic nitrogens is 4. The molecule has 0 radical (unpaired) electrons. The number of piperazine rings is 1. The summed E-state index contributed by atoms with van der Waals surface area (Å²) in [5, 5.41) is 15.6. The fourth-order valence-corrected chi connectivity index (χ4v) is 2.40. The number of hydrogen-bond acceptors (Lipinski definition) is 5. The average molecular weight is 258 g/mol. The minimum absolute atomic E-state index is 0.379. The Morgan fingerprint density at radius 2 is 2.00 bits per heavy atom. The van der Waals surface area contributed by atoms with Gasteiger partial charge in [-0.1, -0.05) is 23.3 Å².